The Labute approximate surface area is 74.3 Å². The Morgan fingerprint density at radius 1 is 1.38 bits per heavy atom. The number of ether oxygens (including phenoxy) is 1. The number of esters is 2. The molecule has 0 unspecified atom stereocenters. The maximum absolute atomic E-state index is 10.7. The van der Waals surface area contributed by atoms with Crippen molar-refractivity contribution in [3.63, 3.8) is 0 Å². The minimum atomic E-state index is -1.30. The molecular weight excluding hydrogens is 176 g/mol. The van der Waals surface area contributed by atoms with Crippen LogP contribution in [0.4, 0.5) is 0 Å². The third-order valence-electron chi connectivity index (χ3n) is 1.04. The Morgan fingerprint density at radius 2 is 1.92 bits per heavy atom. The van der Waals surface area contributed by atoms with Crippen LogP contribution in [0.3, 0.4) is 0 Å². The Morgan fingerprint density at radius 3 is 2.31 bits per heavy atom. The van der Waals surface area contributed by atoms with Gasteiger partial charge >= 0.3 is 17.9 Å². The van der Waals surface area contributed by atoms with E-state index in [9.17, 15) is 14.4 Å². The van der Waals surface area contributed by atoms with E-state index in [0.717, 1.165) is 6.08 Å². The summed E-state index contributed by atoms with van der Waals surface area (Å²) in [5, 5.41) is 8.31. The summed E-state index contributed by atoms with van der Waals surface area (Å²) in [6.07, 6.45) is 0.288. The third kappa shape index (κ3) is 4.52. The van der Waals surface area contributed by atoms with E-state index in [-0.39, 0.29) is 5.57 Å². The fourth-order valence-corrected chi connectivity index (χ4v) is 0.440. The van der Waals surface area contributed by atoms with Gasteiger partial charge in [-0.15, -0.1) is 0 Å². The Balaban J connectivity index is 4.02. The highest BCUT2D eigenvalue weighted by molar-refractivity contribution is 5.96. The molecular formula is C8H8O5. The molecule has 0 amide bonds. The predicted molar refractivity (Wildman–Crippen MR) is 42.7 cm³/mol. The van der Waals surface area contributed by atoms with Gasteiger partial charge in [0.15, 0.2) is 0 Å². The van der Waals surface area contributed by atoms with Crippen molar-refractivity contribution < 1.29 is 24.2 Å². The number of hydrogen-bond acceptors (Lipinski definition) is 4. The molecule has 0 aromatic carbocycles. The minimum Gasteiger partial charge on any atom is -0.478 e. The number of rotatable bonds is 4. The van der Waals surface area contributed by atoms with Gasteiger partial charge in [0.05, 0.1) is 6.42 Å². The van der Waals surface area contributed by atoms with Gasteiger partial charge < -0.3 is 9.84 Å². The normalized spacial score (nSPS) is 8.62. The molecule has 0 aliphatic heterocycles. The first-order chi connectivity index (χ1) is 5.97. The molecule has 0 radical (unpaired) electrons. The van der Waals surface area contributed by atoms with Crippen LogP contribution in [0.25, 0.3) is 0 Å². The molecule has 13 heavy (non-hydrogen) atoms. The van der Waals surface area contributed by atoms with Crippen molar-refractivity contribution >= 4 is 17.9 Å². The number of carbonyl (C=O) groups excluding carboxylic acids is 2. The summed E-state index contributed by atoms with van der Waals surface area (Å²) in [5.74, 6) is -3.18. The van der Waals surface area contributed by atoms with E-state index in [1.807, 2.05) is 0 Å². The van der Waals surface area contributed by atoms with Crippen LogP contribution in [0.1, 0.15) is 6.42 Å². The molecule has 0 saturated carbocycles. The highest BCUT2D eigenvalue weighted by Crippen LogP contribution is 2.00. The van der Waals surface area contributed by atoms with Crippen LogP contribution in [0.15, 0.2) is 24.8 Å². The van der Waals surface area contributed by atoms with Crippen LogP contribution in [0.5, 0.6) is 0 Å². The van der Waals surface area contributed by atoms with Crippen molar-refractivity contribution in [3.05, 3.63) is 24.8 Å². The Kier molecular flexibility index (Phi) is 4.15. The second-order valence-electron chi connectivity index (χ2n) is 2.08. The summed E-state index contributed by atoms with van der Waals surface area (Å²) in [7, 11) is 0. The zero-order valence-corrected chi connectivity index (χ0v) is 6.78. The van der Waals surface area contributed by atoms with E-state index in [0.29, 0.717) is 0 Å². The number of carboxylic acids is 1. The lowest BCUT2D eigenvalue weighted by molar-refractivity contribution is -0.156. The number of aliphatic carboxylic acids is 1. The predicted octanol–water partition coefficient (Wildman–Crippen LogP) is 0.273. The van der Waals surface area contributed by atoms with Crippen molar-refractivity contribution in [2.75, 3.05) is 0 Å². The minimum absolute atomic E-state index is 0.332. The lowest BCUT2D eigenvalue weighted by Gasteiger charge is -1.98. The second kappa shape index (κ2) is 4.87. The van der Waals surface area contributed by atoms with Gasteiger partial charge in [0.1, 0.15) is 0 Å². The lowest BCUT2D eigenvalue weighted by Crippen LogP contribution is -2.13. The van der Waals surface area contributed by atoms with E-state index in [1.54, 1.807) is 0 Å². The van der Waals surface area contributed by atoms with E-state index in [1.165, 1.54) is 0 Å². The zero-order chi connectivity index (χ0) is 10.4. The summed E-state index contributed by atoms with van der Waals surface area (Å²) in [4.78, 5) is 31.3. The van der Waals surface area contributed by atoms with Gasteiger partial charge in [-0.05, 0) is 0 Å². The Hall–Kier alpha value is -1.91. The van der Waals surface area contributed by atoms with Gasteiger partial charge in [-0.1, -0.05) is 13.2 Å². The van der Waals surface area contributed by atoms with Gasteiger partial charge in [-0.25, -0.2) is 9.59 Å². The molecule has 0 atom stereocenters. The standard InChI is InChI=1S/C8H8O5/c1-3-6(9)13-7(10)4-5(2)8(11)12/h3H,1-2,4H2,(H,11,12). The first kappa shape index (κ1) is 11.1. The maximum Gasteiger partial charge on any atom is 0.337 e. The molecule has 1 N–H and O–H groups in total. The van der Waals surface area contributed by atoms with Crippen molar-refractivity contribution in [1.29, 1.82) is 0 Å². The molecule has 0 aromatic rings. The molecule has 70 valence electrons. The third-order valence-corrected chi connectivity index (χ3v) is 1.04. The monoisotopic (exact) mass is 184 g/mol. The van der Waals surface area contributed by atoms with Crippen molar-refractivity contribution in [2.24, 2.45) is 0 Å². The van der Waals surface area contributed by atoms with E-state index in [4.69, 9.17) is 5.11 Å². The first-order valence-corrected chi connectivity index (χ1v) is 3.25. The summed E-state index contributed by atoms with van der Waals surface area (Å²) < 4.78 is 4.10. The molecule has 0 fully saturated rings. The molecule has 0 bridgehead atoms. The summed E-state index contributed by atoms with van der Waals surface area (Å²) >= 11 is 0. The highest BCUT2D eigenvalue weighted by atomic mass is 16.6. The second-order valence-corrected chi connectivity index (χ2v) is 2.08. The van der Waals surface area contributed by atoms with Crippen LogP contribution in [-0.2, 0) is 19.1 Å². The molecule has 0 aromatic heterocycles. The summed E-state index contributed by atoms with van der Waals surface area (Å²) in [6, 6.07) is 0. The Bertz CT molecular complexity index is 276. The summed E-state index contributed by atoms with van der Waals surface area (Å²) in [5.41, 5.74) is -0.332. The van der Waals surface area contributed by atoms with Crippen LogP contribution in [0.2, 0.25) is 0 Å². The van der Waals surface area contributed by atoms with Crippen LogP contribution in [-0.4, -0.2) is 23.0 Å². The number of carbonyl (C=O) groups is 3. The molecule has 0 saturated heterocycles. The fourth-order valence-electron chi connectivity index (χ4n) is 0.440. The van der Waals surface area contributed by atoms with Gasteiger partial charge in [0, 0.05) is 11.6 Å². The van der Waals surface area contributed by atoms with E-state index in [2.05, 4.69) is 17.9 Å². The first-order valence-electron chi connectivity index (χ1n) is 3.25. The molecule has 0 aliphatic carbocycles. The van der Waals surface area contributed by atoms with Crippen LogP contribution >= 0.6 is 0 Å². The number of hydrogen-bond donors (Lipinski definition) is 1. The molecule has 0 aliphatic rings. The number of carboxylic acid groups (broad SMARTS) is 1. The van der Waals surface area contributed by atoms with E-state index >= 15 is 0 Å². The summed E-state index contributed by atoms with van der Waals surface area (Å²) in [6.45, 7) is 6.15. The molecule has 0 rings (SSSR count). The zero-order valence-electron chi connectivity index (χ0n) is 6.78. The molecule has 0 heterocycles. The lowest BCUT2D eigenvalue weighted by atomic mass is 10.2. The average molecular weight is 184 g/mol. The topological polar surface area (TPSA) is 80.7 Å². The van der Waals surface area contributed by atoms with Crippen molar-refractivity contribution in [1.82, 2.24) is 0 Å². The highest BCUT2D eigenvalue weighted by Gasteiger charge is 2.13. The largest absolute Gasteiger partial charge is 0.478 e. The fraction of sp³-hybridized carbons (Fsp3) is 0.125. The van der Waals surface area contributed by atoms with Crippen molar-refractivity contribution in [3.8, 4) is 0 Å². The molecule has 0 spiro atoms. The molecule has 5 heteroatoms. The van der Waals surface area contributed by atoms with Gasteiger partial charge in [0.25, 0.3) is 0 Å². The van der Waals surface area contributed by atoms with Crippen LogP contribution < -0.4 is 0 Å². The average Bonchev–Trinajstić information content (AvgIpc) is 2.03. The molecule has 5 nitrogen and oxygen atoms in total. The van der Waals surface area contributed by atoms with Gasteiger partial charge in [0.2, 0.25) is 0 Å². The van der Waals surface area contributed by atoms with E-state index < -0.39 is 24.3 Å². The van der Waals surface area contributed by atoms with Gasteiger partial charge in [-0.3, -0.25) is 4.79 Å². The van der Waals surface area contributed by atoms with Crippen LogP contribution in [0, 0.1) is 0 Å². The quantitative estimate of drug-likeness (QED) is 0.385. The van der Waals surface area contributed by atoms with Gasteiger partial charge in [-0.2, -0.15) is 0 Å². The smallest absolute Gasteiger partial charge is 0.337 e. The maximum atomic E-state index is 10.7. The SMILES string of the molecule is C=CC(=O)OC(=O)CC(=C)C(=O)O. The van der Waals surface area contributed by atoms with Crippen molar-refractivity contribution in [2.45, 2.75) is 6.42 Å².